The quantitative estimate of drug-likeness (QED) is 0.502. The molecule has 0 bridgehead atoms. The third-order valence-corrected chi connectivity index (χ3v) is 4.21. The highest BCUT2D eigenvalue weighted by atomic mass is 31.1. The second kappa shape index (κ2) is 9.00. The van der Waals surface area contributed by atoms with Gasteiger partial charge in [0.1, 0.15) is 11.5 Å². The van der Waals surface area contributed by atoms with Gasteiger partial charge >= 0.3 is 0 Å². The summed E-state index contributed by atoms with van der Waals surface area (Å²) in [5, 5.41) is 20.0. The second-order valence-electron chi connectivity index (χ2n) is 5.60. The number of hydrogen-bond donors (Lipinski definition) is 2. The van der Waals surface area contributed by atoms with E-state index in [1.807, 2.05) is 30.3 Å². The molecule has 0 saturated heterocycles. The summed E-state index contributed by atoms with van der Waals surface area (Å²) < 4.78 is 11.0. The molecule has 0 spiro atoms. The van der Waals surface area contributed by atoms with Crippen LogP contribution in [-0.4, -0.2) is 16.4 Å². The Kier molecular flexibility index (Phi) is 6.73. The number of allylic oxidation sites excluding steroid dienone is 3. The molecule has 0 aliphatic carbocycles. The molecular formula is C21H21O3P. The summed E-state index contributed by atoms with van der Waals surface area (Å²) in [4.78, 5) is 0. The normalized spacial score (nSPS) is 10.4. The number of phenols is 2. The van der Waals surface area contributed by atoms with E-state index < -0.39 is 0 Å². The number of hydrogen-bond acceptors (Lipinski definition) is 3. The van der Waals surface area contributed by atoms with Crippen molar-refractivity contribution in [1.29, 1.82) is 0 Å². The van der Waals surface area contributed by atoms with E-state index in [0.717, 1.165) is 27.8 Å². The van der Waals surface area contributed by atoms with Crippen molar-refractivity contribution in [1.82, 2.24) is 0 Å². The second-order valence-corrected chi connectivity index (χ2v) is 6.23. The summed E-state index contributed by atoms with van der Waals surface area (Å²) in [5.74, 6) is 0.450. The van der Waals surface area contributed by atoms with E-state index in [9.17, 15) is 14.8 Å². The highest BCUT2D eigenvalue weighted by Crippen LogP contribution is 2.31. The largest absolute Gasteiger partial charge is 0.508 e. The van der Waals surface area contributed by atoms with Gasteiger partial charge < -0.3 is 10.2 Å². The molecule has 0 aromatic heterocycles. The fraction of sp³-hybridized carbons (Fsp3) is 0.143. The van der Waals surface area contributed by atoms with Crippen molar-refractivity contribution in [3.05, 3.63) is 90.0 Å². The van der Waals surface area contributed by atoms with Crippen molar-refractivity contribution in [2.24, 2.45) is 0 Å². The molecule has 0 saturated carbocycles. The molecule has 0 unspecified atom stereocenters. The molecule has 0 fully saturated rings. The Morgan fingerprint density at radius 3 is 1.80 bits per heavy atom. The van der Waals surface area contributed by atoms with E-state index in [-0.39, 0.29) is 20.0 Å². The molecule has 128 valence electrons. The molecule has 0 aliphatic heterocycles. The average molecular weight is 352 g/mol. The maximum Gasteiger partial charge on any atom is 0.159 e. The van der Waals surface area contributed by atoms with Gasteiger partial charge in [0.25, 0.3) is 0 Å². The Morgan fingerprint density at radius 2 is 1.40 bits per heavy atom. The maximum absolute atomic E-state index is 11.0. The number of aromatic hydroxyl groups is 2. The molecule has 3 nitrogen and oxygen atoms in total. The minimum absolute atomic E-state index is 0.0352. The zero-order valence-electron chi connectivity index (χ0n) is 14.0. The van der Waals surface area contributed by atoms with Gasteiger partial charge in [0.05, 0.1) is 0 Å². The Balaban J connectivity index is 2.56. The van der Waals surface area contributed by atoms with Gasteiger partial charge in [0.15, 0.2) is 8.46 Å². The number of rotatable bonds is 8. The molecule has 0 aliphatic rings. The summed E-state index contributed by atoms with van der Waals surface area (Å²) in [7, 11) is 0.0352. The van der Waals surface area contributed by atoms with Crippen molar-refractivity contribution in [3.8, 4) is 11.5 Å². The molecule has 0 amide bonds. The first-order valence-corrected chi connectivity index (χ1v) is 8.96. The minimum atomic E-state index is 0.0352. The van der Waals surface area contributed by atoms with Crippen LogP contribution in [0.2, 0.25) is 0 Å². The van der Waals surface area contributed by atoms with Crippen LogP contribution in [0, 0.1) is 0 Å². The lowest BCUT2D eigenvalue weighted by Gasteiger charge is -2.13. The van der Waals surface area contributed by atoms with Crippen molar-refractivity contribution in [3.63, 3.8) is 0 Å². The molecule has 25 heavy (non-hydrogen) atoms. The van der Waals surface area contributed by atoms with Crippen LogP contribution in [0.1, 0.15) is 22.3 Å². The Labute approximate surface area is 149 Å². The van der Waals surface area contributed by atoms with Crippen LogP contribution >= 0.6 is 8.46 Å². The fourth-order valence-electron chi connectivity index (χ4n) is 2.68. The predicted molar refractivity (Wildman–Crippen MR) is 104 cm³/mol. The average Bonchev–Trinajstić information content (AvgIpc) is 2.61. The van der Waals surface area contributed by atoms with Gasteiger partial charge in [-0.1, -0.05) is 30.4 Å². The van der Waals surface area contributed by atoms with Gasteiger partial charge in [-0.15, -0.1) is 13.2 Å². The lowest BCUT2D eigenvalue weighted by atomic mass is 9.93. The van der Waals surface area contributed by atoms with Gasteiger partial charge in [-0.2, -0.15) is 0 Å². The van der Waals surface area contributed by atoms with Gasteiger partial charge in [0.2, 0.25) is 0 Å². The van der Waals surface area contributed by atoms with Crippen LogP contribution in [0.3, 0.4) is 0 Å². The highest BCUT2D eigenvalue weighted by molar-refractivity contribution is 7.23. The first kappa shape index (κ1) is 18.7. The van der Waals surface area contributed by atoms with Crippen molar-refractivity contribution in [2.45, 2.75) is 12.8 Å². The van der Waals surface area contributed by atoms with Crippen LogP contribution in [-0.2, 0) is 17.4 Å². The molecular weight excluding hydrogens is 331 g/mol. The summed E-state index contributed by atoms with van der Waals surface area (Å²) in [6.45, 7) is 7.43. The van der Waals surface area contributed by atoms with Crippen molar-refractivity contribution >= 4 is 14.0 Å². The lowest BCUT2D eigenvalue weighted by molar-refractivity contribution is 0.469. The smallest absolute Gasteiger partial charge is 0.159 e. The summed E-state index contributed by atoms with van der Waals surface area (Å²) in [6.07, 6.45) is 6.86. The fourth-order valence-corrected chi connectivity index (χ4v) is 2.93. The van der Waals surface area contributed by atoms with E-state index in [4.69, 9.17) is 0 Å². The van der Waals surface area contributed by atoms with Gasteiger partial charge in [-0.3, -0.25) is 4.57 Å². The minimum Gasteiger partial charge on any atom is -0.508 e. The van der Waals surface area contributed by atoms with E-state index in [0.29, 0.717) is 19.0 Å². The lowest BCUT2D eigenvalue weighted by Crippen LogP contribution is -1.94. The van der Waals surface area contributed by atoms with Gasteiger partial charge in [-0.25, -0.2) is 0 Å². The van der Waals surface area contributed by atoms with Gasteiger partial charge in [-0.05, 0) is 64.9 Å². The molecule has 2 aromatic carbocycles. The van der Waals surface area contributed by atoms with E-state index in [1.165, 1.54) is 0 Å². The van der Waals surface area contributed by atoms with Crippen LogP contribution < -0.4 is 0 Å². The van der Waals surface area contributed by atoms with Crippen LogP contribution in [0.15, 0.2) is 67.8 Å². The molecule has 2 aromatic rings. The monoisotopic (exact) mass is 352 g/mol. The zero-order valence-corrected chi connectivity index (χ0v) is 14.9. The first-order valence-electron chi connectivity index (χ1n) is 7.96. The van der Waals surface area contributed by atoms with Crippen molar-refractivity contribution in [2.75, 3.05) is 6.16 Å². The molecule has 0 heterocycles. The third-order valence-electron chi connectivity index (χ3n) is 3.88. The standard InChI is InChI=1S/C21H21O3P/c1-3-5-17-13-15(7-9-20(17)22)19(11-12-25-24)16-8-10-21(23)18(14-16)6-4-2/h3-4,7-11,13-14,22-23H,1-2,5-6,12H2. The Hall–Kier alpha value is -2.64. The molecule has 2 rings (SSSR count). The summed E-state index contributed by atoms with van der Waals surface area (Å²) in [5.41, 5.74) is 4.28. The predicted octanol–water partition coefficient (Wildman–Crippen LogP) is 5.28. The van der Waals surface area contributed by atoms with E-state index in [2.05, 4.69) is 13.2 Å². The molecule has 4 heteroatoms. The first-order chi connectivity index (χ1) is 12.1. The number of benzene rings is 2. The topological polar surface area (TPSA) is 57.5 Å². The SMILES string of the molecule is C=CCc1cc(C(=CCP=O)c2ccc(O)c(CC=C)c2)ccc1O. The van der Waals surface area contributed by atoms with E-state index >= 15 is 0 Å². The van der Waals surface area contributed by atoms with Crippen LogP contribution in [0.25, 0.3) is 5.57 Å². The summed E-state index contributed by atoms with van der Waals surface area (Å²) >= 11 is 0. The van der Waals surface area contributed by atoms with Crippen LogP contribution in [0.5, 0.6) is 11.5 Å². The molecule has 2 N–H and O–H groups in total. The van der Waals surface area contributed by atoms with Gasteiger partial charge in [0, 0.05) is 6.16 Å². The maximum atomic E-state index is 11.0. The molecule has 0 atom stereocenters. The Bertz CT molecular complexity index is 760. The van der Waals surface area contributed by atoms with Crippen LogP contribution in [0.4, 0.5) is 0 Å². The Morgan fingerprint density at radius 1 is 0.920 bits per heavy atom. The number of phenolic OH excluding ortho intramolecular Hbond substituents is 2. The third kappa shape index (κ3) is 4.68. The highest BCUT2D eigenvalue weighted by Gasteiger charge is 2.10. The zero-order chi connectivity index (χ0) is 18.2. The van der Waals surface area contributed by atoms with Crippen molar-refractivity contribution < 1.29 is 14.8 Å². The summed E-state index contributed by atoms with van der Waals surface area (Å²) in [6, 6.07) is 10.8. The molecule has 0 radical (unpaired) electrons. The van der Waals surface area contributed by atoms with E-state index in [1.54, 1.807) is 24.3 Å².